The van der Waals surface area contributed by atoms with Crippen molar-refractivity contribution in [2.24, 2.45) is 5.73 Å². The zero-order valence-corrected chi connectivity index (χ0v) is 16.9. The number of rotatable bonds is 5. The summed E-state index contributed by atoms with van der Waals surface area (Å²) in [6, 6.07) is 10.9. The van der Waals surface area contributed by atoms with Crippen LogP contribution in [0.25, 0.3) is 17.1 Å². The van der Waals surface area contributed by atoms with E-state index in [0.29, 0.717) is 24.7 Å². The van der Waals surface area contributed by atoms with Crippen LogP contribution in [0.15, 0.2) is 48.8 Å². The number of nitrogens with two attached hydrogens (primary N) is 1. The molecule has 1 aliphatic heterocycles. The van der Waals surface area contributed by atoms with E-state index >= 15 is 0 Å². The number of imidazole rings is 1. The van der Waals surface area contributed by atoms with E-state index in [1.165, 1.54) is 4.90 Å². The van der Waals surface area contributed by atoms with Crippen LogP contribution in [0.1, 0.15) is 28.9 Å². The normalized spacial score (nSPS) is 15.9. The number of hydrogen-bond donors (Lipinski definition) is 1. The summed E-state index contributed by atoms with van der Waals surface area (Å²) in [5.41, 5.74) is 8.48. The molecule has 1 aliphatic rings. The smallest absolute Gasteiger partial charge is 0.274 e. The van der Waals surface area contributed by atoms with Crippen LogP contribution in [0.4, 0.5) is 0 Å². The molecule has 0 unspecified atom stereocenters. The summed E-state index contributed by atoms with van der Waals surface area (Å²) < 4.78 is 6.99. The van der Waals surface area contributed by atoms with Crippen LogP contribution in [0, 0.1) is 6.92 Å². The van der Waals surface area contributed by atoms with Gasteiger partial charge in [0.25, 0.3) is 5.91 Å². The third-order valence-electron chi connectivity index (χ3n) is 5.28. The number of carbonyl (C=O) groups excluding carboxylic acids is 2. The highest BCUT2D eigenvalue weighted by Crippen LogP contribution is 2.26. The zero-order valence-electron chi connectivity index (χ0n) is 16.9. The SMILES string of the molecule is COc1ccc(-c2nc(C(=O)N3CCC[C@H]3C(N)=O)cn2-c2ccc(C)cc2)cn1. The molecule has 30 heavy (non-hydrogen) atoms. The molecule has 154 valence electrons. The second kappa shape index (κ2) is 7.98. The quantitative estimate of drug-likeness (QED) is 0.702. The van der Waals surface area contributed by atoms with Crippen LogP contribution in [0.2, 0.25) is 0 Å². The number of benzene rings is 1. The Morgan fingerprint density at radius 2 is 1.93 bits per heavy atom. The summed E-state index contributed by atoms with van der Waals surface area (Å²) in [7, 11) is 1.55. The predicted octanol–water partition coefficient (Wildman–Crippen LogP) is 2.34. The van der Waals surface area contributed by atoms with E-state index in [4.69, 9.17) is 10.5 Å². The lowest BCUT2D eigenvalue weighted by molar-refractivity contribution is -0.121. The Kier molecular flexibility index (Phi) is 5.22. The summed E-state index contributed by atoms with van der Waals surface area (Å²) in [5.74, 6) is 0.278. The number of likely N-dealkylation sites (tertiary alicyclic amines) is 1. The highest BCUT2D eigenvalue weighted by atomic mass is 16.5. The minimum Gasteiger partial charge on any atom is -0.481 e. The van der Waals surface area contributed by atoms with Gasteiger partial charge in [0, 0.05) is 36.3 Å². The van der Waals surface area contributed by atoms with Crippen molar-refractivity contribution in [2.45, 2.75) is 25.8 Å². The van der Waals surface area contributed by atoms with Gasteiger partial charge < -0.3 is 15.4 Å². The Labute approximate surface area is 174 Å². The fraction of sp³-hybridized carbons (Fsp3) is 0.273. The van der Waals surface area contributed by atoms with Crippen LogP contribution >= 0.6 is 0 Å². The molecule has 1 aromatic carbocycles. The molecule has 3 heterocycles. The maximum Gasteiger partial charge on any atom is 0.274 e. The number of hydrogen-bond acceptors (Lipinski definition) is 5. The predicted molar refractivity (Wildman–Crippen MR) is 111 cm³/mol. The van der Waals surface area contributed by atoms with Crippen LogP contribution < -0.4 is 10.5 Å². The number of primary amides is 1. The summed E-state index contributed by atoms with van der Waals surface area (Å²) in [4.78, 5) is 35.3. The average molecular weight is 405 g/mol. The van der Waals surface area contributed by atoms with Crippen molar-refractivity contribution in [2.75, 3.05) is 13.7 Å². The van der Waals surface area contributed by atoms with E-state index in [9.17, 15) is 9.59 Å². The lowest BCUT2D eigenvalue weighted by atomic mass is 10.2. The van der Waals surface area contributed by atoms with Crippen LogP contribution in [-0.2, 0) is 4.79 Å². The Morgan fingerprint density at radius 3 is 2.57 bits per heavy atom. The highest BCUT2D eigenvalue weighted by molar-refractivity contribution is 5.96. The van der Waals surface area contributed by atoms with Gasteiger partial charge in [-0.05, 0) is 38.0 Å². The van der Waals surface area contributed by atoms with Gasteiger partial charge in [0.15, 0.2) is 0 Å². The zero-order chi connectivity index (χ0) is 21.3. The topological polar surface area (TPSA) is 103 Å². The first kappa shape index (κ1) is 19.6. The third-order valence-corrected chi connectivity index (χ3v) is 5.28. The lowest BCUT2D eigenvalue weighted by Gasteiger charge is -2.20. The Morgan fingerprint density at radius 1 is 1.17 bits per heavy atom. The first-order valence-corrected chi connectivity index (χ1v) is 9.75. The number of aromatic nitrogens is 3. The molecule has 2 amide bonds. The van der Waals surface area contributed by atoms with Crippen molar-refractivity contribution >= 4 is 11.8 Å². The van der Waals surface area contributed by atoms with E-state index in [0.717, 1.165) is 23.2 Å². The summed E-state index contributed by atoms with van der Waals surface area (Å²) >= 11 is 0. The van der Waals surface area contributed by atoms with Gasteiger partial charge in [0.2, 0.25) is 11.8 Å². The van der Waals surface area contributed by atoms with Gasteiger partial charge in [0.1, 0.15) is 17.6 Å². The number of aryl methyl sites for hydroxylation is 1. The monoisotopic (exact) mass is 405 g/mol. The molecule has 1 atom stereocenters. The molecule has 8 heteroatoms. The van der Waals surface area contributed by atoms with Gasteiger partial charge in [0.05, 0.1) is 7.11 Å². The van der Waals surface area contributed by atoms with E-state index in [-0.39, 0.29) is 11.6 Å². The summed E-state index contributed by atoms with van der Waals surface area (Å²) in [6.07, 6.45) is 4.67. The molecule has 2 N–H and O–H groups in total. The van der Waals surface area contributed by atoms with E-state index in [1.54, 1.807) is 25.6 Å². The number of methoxy groups -OCH3 is 1. The molecule has 4 rings (SSSR count). The average Bonchev–Trinajstić information content (AvgIpc) is 3.42. The first-order chi connectivity index (χ1) is 14.5. The van der Waals surface area contributed by atoms with Crippen molar-refractivity contribution < 1.29 is 14.3 Å². The van der Waals surface area contributed by atoms with Gasteiger partial charge >= 0.3 is 0 Å². The Bertz CT molecular complexity index is 1070. The van der Waals surface area contributed by atoms with Crippen molar-refractivity contribution in [1.29, 1.82) is 0 Å². The maximum atomic E-state index is 13.2. The first-order valence-electron chi connectivity index (χ1n) is 9.75. The van der Waals surface area contributed by atoms with Crippen molar-refractivity contribution in [3.63, 3.8) is 0 Å². The molecule has 0 aliphatic carbocycles. The third kappa shape index (κ3) is 3.63. The van der Waals surface area contributed by atoms with Gasteiger partial charge in [-0.3, -0.25) is 14.2 Å². The maximum absolute atomic E-state index is 13.2. The van der Waals surface area contributed by atoms with Gasteiger partial charge in [-0.15, -0.1) is 0 Å². The fourth-order valence-corrected chi connectivity index (χ4v) is 3.68. The molecule has 1 fully saturated rings. The van der Waals surface area contributed by atoms with Gasteiger partial charge in [-0.25, -0.2) is 9.97 Å². The Hall–Kier alpha value is -3.68. The van der Waals surface area contributed by atoms with Crippen LogP contribution in [-0.4, -0.2) is 50.9 Å². The number of pyridine rings is 1. The largest absolute Gasteiger partial charge is 0.481 e. The number of ether oxygens (including phenoxy) is 1. The second-order valence-corrected chi connectivity index (χ2v) is 7.30. The molecule has 0 spiro atoms. The van der Waals surface area contributed by atoms with E-state index < -0.39 is 11.9 Å². The molecule has 0 radical (unpaired) electrons. The van der Waals surface area contributed by atoms with Crippen molar-refractivity contribution in [1.82, 2.24) is 19.4 Å². The second-order valence-electron chi connectivity index (χ2n) is 7.30. The van der Waals surface area contributed by atoms with Gasteiger partial charge in [-0.1, -0.05) is 17.7 Å². The van der Waals surface area contributed by atoms with Gasteiger partial charge in [-0.2, -0.15) is 0 Å². The molecule has 8 nitrogen and oxygen atoms in total. The molecule has 3 aromatic rings. The lowest BCUT2D eigenvalue weighted by Crippen LogP contribution is -2.43. The van der Waals surface area contributed by atoms with E-state index in [1.807, 2.05) is 41.8 Å². The van der Waals surface area contributed by atoms with E-state index in [2.05, 4.69) is 9.97 Å². The van der Waals surface area contributed by atoms with Crippen LogP contribution in [0.5, 0.6) is 5.88 Å². The molecule has 0 bridgehead atoms. The van der Waals surface area contributed by atoms with Crippen molar-refractivity contribution in [3.8, 4) is 23.0 Å². The number of carbonyl (C=O) groups is 2. The number of nitrogens with zero attached hydrogens (tertiary/aromatic N) is 4. The molecule has 0 saturated carbocycles. The molecular formula is C22H23N5O3. The summed E-state index contributed by atoms with van der Waals surface area (Å²) in [5, 5.41) is 0. The standard InChI is InChI=1S/C22H23N5O3/c1-14-5-8-16(9-6-14)27-13-17(22(29)26-11-3-4-18(26)20(23)28)25-21(27)15-7-10-19(30-2)24-12-15/h5-10,12-13,18H,3-4,11H2,1-2H3,(H2,23,28)/t18-/m0/s1. The molecule has 1 saturated heterocycles. The highest BCUT2D eigenvalue weighted by Gasteiger charge is 2.34. The van der Waals surface area contributed by atoms with Crippen LogP contribution in [0.3, 0.4) is 0 Å². The van der Waals surface area contributed by atoms with Crippen molar-refractivity contribution in [3.05, 3.63) is 60.0 Å². The number of amides is 2. The minimum atomic E-state index is -0.590. The molecular weight excluding hydrogens is 382 g/mol. The minimum absolute atomic E-state index is 0.259. The summed E-state index contributed by atoms with van der Waals surface area (Å²) in [6.45, 7) is 2.50. The Balaban J connectivity index is 1.78. The fourth-order valence-electron chi connectivity index (χ4n) is 3.68. The molecule has 2 aromatic heterocycles.